The van der Waals surface area contributed by atoms with Gasteiger partial charge in [-0.15, -0.1) is 0 Å². The molecule has 0 aliphatic carbocycles. The highest BCUT2D eigenvalue weighted by molar-refractivity contribution is 6.31. The number of benzene rings is 1. The van der Waals surface area contributed by atoms with Gasteiger partial charge in [-0.05, 0) is 11.6 Å². The number of hydrogen-bond donors (Lipinski definition) is 2. The number of carboxylic acid groups (broad SMARTS) is 1. The van der Waals surface area contributed by atoms with Crippen molar-refractivity contribution in [3.63, 3.8) is 0 Å². The zero-order valence-electron chi connectivity index (χ0n) is 9.32. The van der Waals surface area contributed by atoms with Gasteiger partial charge in [-0.25, -0.2) is 4.79 Å². The van der Waals surface area contributed by atoms with Crippen LogP contribution in [0.25, 0.3) is 0 Å². The second-order valence-electron chi connectivity index (χ2n) is 3.61. The lowest BCUT2D eigenvalue weighted by atomic mass is 10.1. The number of hydrogen-bond acceptors (Lipinski definition) is 3. The number of amides is 1. The van der Waals surface area contributed by atoms with Crippen LogP contribution in [0.2, 0.25) is 5.02 Å². The van der Waals surface area contributed by atoms with Gasteiger partial charge in [0.15, 0.2) is 0 Å². The summed E-state index contributed by atoms with van der Waals surface area (Å²) in [6, 6.07) is 6.57. The molecule has 6 nitrogen and oxygen atoms in total. The first kappa shape index (κ1) is 12.4. The third-order valence-electron chi connectivity index (χ3n) is 2.39. The van der Waals surface area contributed by atoms with Gasteiger partial charge in [0.1, 0.15) is 0 Å². The molecule has 2 N–H and O–H groups in total. The van der Waals surface area contributed by atoms with Gasteiger partial charge in [0.25, 0.3) is 0 Å². The molecule has 1 aromatic heterocycles. The highest BCUT2D eigenvalue weighted by Crippen LogP contribution is 2.23. The third-order valence-corrected chi connectivity index (χ3v) is 2.74. The van der Waals surface area contributed by atoms with E-state index in [1.165, 1.54) is 17.2 Å². The average Bonchev–Trinajstić information content (AvgIpc) is 2.81. The molecular formula is C11H11ClN4O2. The van der Waals surface area contributed by atoms with Crippen molar-refractivity contribution in [2.24, 2.45) is 0 Å². The van der Waals surface area contributed by atoms with Crippen molar-refractivity contribution in [3.05, 3.63) is 47.2 Å². The number of aromatic nitrogens is 3. The van der Waals surface area contributed by atoms with E-state index in [0.717, 1.165) is 0 Å². The Kier molecular flexibility index (Phi) is 3.78. The van der Waals surface area contributed by atoms with E-state index in [9.17, 15) is 4.79 Å². The molecule has 1 amide bonds. The number of nitrogens with zero attached hydrogens (tertiary/aromatic N) is 3. The summed E-state index contributed by atoms with van der Waals surface area (Å²) in [5.74, 6) is 0. The molecule has 7 heteroatoms. The molecule has 0 radical (unpaired) electrons. The summed E-state index contributed by atoms with van der Waals surface area (Å²) in [5.41, 5.74) is 0.693. The predicted octanol–water partition coefficient (Wildman–Crippen LogP) is 1.94. The first-order valence-corrected chi connectivity index (χ1v) is 5.62. The maximum atomic E-state index is 10.8. The second kappa shape index (κ2) is 5.50. The van der Waals surface area contributed by atoms with Crippen LogP contribution in [-0.4, -0.2) is 26.2 Å². The summed E-state index contributed by atoms with van der Waals surface area (Å²) in [6.07, 6.45) is 1.95. The normalized spacial score (nSPS) is 12.1. The Bertz CT molecular complexity index is 530. The topological polar surface area (TPSA) is 80.0 Å². The van der Waals surface area contributed by atoms with E-state index in [2.05, 4.69) is 15.5 Å². The van der Waals surface area contributed by atoms with Crippen molar-refractivity contribution < 1.29 is 9.90 Å². The van der Waals surface area contributed by atoms with Gasteiger partial charge >= 0.3 is 6.09 Å². The molecule has 0 unspecified atom stereocenters. The second-order valence-corrected chi connectivity index (χ2v) is 4.01. The number of rotatable bonds is 4. The van der Waals surface area contributed by atoms with Crippen molar-refractivity contribution in [2.45, 2.75) is 12.6 Å². The lowest BCUT2D eigenvalue weighted by molar-refractivity contribution is 0.187. The zero-order valence-corrected chi connectivity index (χ0v) is 10.1. The van der Waals surface area contributed by atoms with Crippen molar-refractivity contribution >= 4 is 17.7 Å². The van der Waals surface area contributed by atoms with E-state index in [4.69, 9.17) is 16.7 Å². The van der Waals surface area contributed by atoms with Gasteiger partial charge in [0.2, 0.25) is 0 Å². The number of carbonyl (C=O) groups is 1. The van der Waals surface area contributed by atoms with Gasteiger partial charge in [-0.3, -0.25) is 0 Å². The monoisotopic (exact) mass is 266 g/mol. The fourth-order valence-corrected chi connectivity index (χ4v) is 1.90. The minimum atomic E-state index is -1.12. The van der Waals surface area contributed by atoms with Crippen molar-refractivity contribution in [1.29, 1.82) is 0 Å². The molecule has 1 atom stereocenters. The summed E-state index contributed by atoms with van der Waals surface area (Å²) in [4.78, 5) is 12.2. The van der Waals surface area contributed by atoms with Crippen LogP contribution >= 0.6 is 11.6 Å². The molecule has 0 fully saturated rings. The fraction of sp³-hybridized carbons (Fsp3) is 0.182. The molecule has 0 spiro atoms. The molecule has 18 heavy (non-hydrogen) atoms. The van der Waals surface area contributed by atoms with Gasteiger partial charge in [-0.1, -0.05) is 29.8 Å². The predicted molar refractivity (Wildman–Crippen MR) is 65.4 cm³/mol. The van der Waals surface area contributed by atoms with E-state index >= 15 is 0 Å². The van der Waals surface area contributed by atoms with E-state index in [-0.39, 0.29) is 6.54 Å². The molecule has 2 aromatic rings. The molecule has 0 aliphatic rings. The quantitative estimate of drug-likeness (QED) is 0.886. The lowest BCUT2D eigenvalue weighted by Crippen LogP contribution is -2.30. The maximum Gasteiger partial charge on any atom is 0.405 e. The summed E-state index contributed by atoms with van der Waals surface area (Å²) in [6.45, 7) is 0.281. The molecule has 0 saturated heterocycles. The standard InChI is InChI=1S/C11H11ClN4O2/c12-9-4-2-1-3-8(9)10(15-11(17)18)7-16-13-5-6-14-16/h1-6,10,15H,7H2,(H,17,18)/t10-/m0/s1. The Morgan fingerprint density at radius 3 is 2.67 bits per heavy atom. The van der Waals surface area contributed by atoms with Gasteiger partial charge in [-0.2, -0.15) is 15.0 Å². The first-order valence-electron chi connectivity index (χ1n) is 5.25. The third kappa shape index (κ3) is 2.98. The maximum absolute atomic E-state index is 10.8. The van der Waals surface area contributed by atoms with Crippen molar-refractivity contribution in [1.82, 2.24) is 20.3 Å². The fourth-order valence-electron chi connectivity index (χ4n) is 1.63. The van der Waals surface area contributed by atoms with E-state index in [0.29, 0.717) is 10.6 Å². The van der Waals surface area contributed by atoms with Crippen LogP contribution in [-0.2, 0) is 6.54 Å². The van der Waals surface area contributed by atoms with Crippen LogP contribution in [0.3, 0.4) is 0 Å². The van der Waals surface area contributed by atoms with Gasteiger partial charge in [0, 0.05) is 5.02 Å². The molecule has 1 heterocycles. The minimum absolute atomic E-state index is 0.281. The zero-order chi connectivity index (χ0) is 13.0. The highest BCUT2D eigenvalue weighted by atomic mass is 35.5. The lowest BCUT2D eigenvalue weighted by Gasteiger charge is -2.17. The number of halogens is 1. The van der Waals surface area contributed by atoms with E-state index in [1.54, 1.807) is 24.3 Å². The van der Waals surface area contributed by atoms with Crippen molar-refractivity contribution in [3.8, 4) is 0 Å². The minimum Gasteiger partial charge on any atom is -0.465 e. The summed E-state index contributed by atoms with van der Waals surface area (Å²) >= 11 is 6.06. The molecule has 1 aromatic carbocycles. The Morgan fingerprint density at radius 2 is 2.06 bits per heavy atom. The molecule has 0 aliphatic heterocycles. The van der Waals surface area contributed by atoms with Crippen LogP contribution in [0.4, 0.5) is 4.79 Å². The Morgan fingerprint density at radius 1 is 1.39 bits per heavy atom. The SMILES string of the molecule is O=C(O)N[C@@H](Cn1nccn1)c1ccccc1Cl. The van der Waals surface area contributed by atoms with E-state index < -0.39 is 12.1 Å². The van der Waals surface area contributed by atoms with Gasteiger partial charge in [0.05, 0.1) is 25.0 Å². The summed E-state index contributed by atoms with van der Waals surface area (Å²) in [5, 5.41) is 19.7. The average molecular weight is 267 g/mol. The summed E-state index contributed by atoms with van der Waals surface area (Å²) < 4.78 is 0. The molecule has 94 valence electrons. The van der Waals surface area contributed by atoms with Crippen LogP contribution in [0.5, 0.6) is 0 Å². The summed E-state index contributed by atoms with van der Waals surface area (Å²) in [7, 11) is 0. The first-order chi connectivity index (χ1) is 8.66. The number of nitrogens with one attached hydrogen (secondary N) is 1. The molecule has 2 rings (SSSR count). The molecule has 0 saturated carbocycles. The van der Waals surface area contributed by atoms with Gasteiger partial charge < -0.3 is 10.4 Å². The largest absolute Gasteiger partial charge is 0.465 e. The van der Waals surface area contributed by atoms with Crippen molar-refractivity contribution in [2.75, 3.05) is 0 Å². The molecular weight excluding hydrogens is 256 g/mol. The van der Waals surface area contributed by atoms with Crippen LogP contribution < -0.4 is 5.32 Å². The highest BCUT2D eigenvalue weighted by Gasteiger charge is 2.17. The van der Waals surface area contributed by atoms with Crippen LogP contribution in [0.15, 0.2) is 36.7 Å². The van der Waals surface area contributed by atoms with Crippen LogP contribution in [0.1, 0.15) is 11.6 Å². The Hall–Kier alpha value is -2.08. The van der Waals surface area contributed by atoms with Crippen LogP contribution in [0, 0.1) is 0 Å². The van der Waals surface area contributed by atoms with E-state index in [1.807, 2.05) is 0 Å². The smallest absolute Gasteiger partial charge is 0.405 e. The molecule has 0 bridgehead atoms. The Balaban J connectivity index is 2.25. The Labute approximate surface area is 108 Å².